The monoisotopic (exact) mass is 333 g/mol. The van der Waals surface area contributed by atoms with Gasteiger partial charge in [0.15, 0.2) is 0 Å². The zero-order valence-electron chi connectivity index (χ0n) is 12.2. The van der Waals surface area contributed by atoms with Gasteiger partial charge in [-0.2, -0.15) is 4.31 Å². The molecule has 6 nitrogen and oxygen atoms in total. The summed E-state index contributed by atoms with van der Waals surface area (Å²) in [5.41, 5.74) is 0.478. The molecule has 1 saturated heterocycles. The number of rotatable bonds is 4. The molecule has 1 aromatic rings. The van der Waals surface area contributed by atoms with E-state index in [9.17, 15) is 18.3 Å². The molecular weight excluding hydrogens is 314 g/mol. The highest BCUT2D eigenvalue weighted by Gasteiger charge is 2.39. The van der Waals surface area contributed by atoms with Crippen LogP contribution in [-0.4, -0.2) is 49.1 Å². The van der Waals surface area contributed by atoms with E-state index in [1.807, 2.05) is 13.8 Å². The molecule has 118 valence electrons. The minimum Gasteiger partial charge on any atom is -0.477 e. The van der Waals surface area contributed by atoms with Gasteiger partial charge in [0.2, 0.25) is 10.0 Å². The molecule has 2 atom stereocenters. The van der Waals surface area contributed by atoms with Crippen LogP contribution in [0.2, 0.25) is 0 Å². The molecule has 1 aliphatic rings. The van der Waals surface area contributed by atoms with E-state index >= 15 is 0 Å². The molecule has 2 rings (SSSR count). The fraction of sp³-hybridized carbons (Fsp3) is 0.615. The van der Waals surface area contributed by atoms with Crippen LogP contribution in [0.15, 0.2) is 10.3 Å². The lowest BCUT2D eigenvalue weighted by Gasteiger charge is -2.37. The standard InChI is InChI=1S/C13H19NO5S2/c1-4-10-6-19-9(3)5-14(10)21(17,18)12-8(2)7-20-11(12)13(15)16/h7,9-10H,4-6H2,1-3H3,(H,15,16). The fourth-order valence-corrected chi connectivity index (χ4v) is 5.80. The summed E-state index contributed by atoms with van der Waals surface area (Å²) >= 11 is 0.948. The molecular formula is C13H19NO5S2. The molecule has 0 amide bonds. The van der Waals surface area contributed by atoms with Crippen molar-refractivity contribution in [1.82, 2.24) is 4.31 Å². The van der Waals surface area contributed by atoms with Gasteiger partial charge >= 0.3 is 5.97 Å². The van der Waals surface area contributed by atoms with Gasteiger partial charge in [-0.05, 0) is 31.2 Å². The summed E-state index contributed by atoms with van der Waals surface area (Å²) in [7, 11) is -3.84. The lowest BCUT2D eigenvalue weighted by Crippen LogP contribution is -2.51. The molecule has 0 spiro atoms. The molecule has 1 aliphatic heterocycles. The lowest BCUT2D eigenvalue weighted by atomic mass is 10.2. The maximum atomic E-state index is 12.9. The van der Waals surface area contributed by atoms with E-state index in [2.05, 4.69) is 0 Å². The van der Waals surface area contributed by atoms with Crippen molar-refractivity contribution in [3.8, 4) is 0 Å². The molecule has 1 aromatic heterocycles. The van der Waals surface area contributed by atoms with Crippen molar-refractivity contribution in [2.45, 2.75) is 44.2 Å². The minimum atomic E-state index is -3.84. The van der Waals surface area contributed by atoms with Crippen LogP contribution >= 0.6 is 11.3 Å². The van der Waals surface area contributed by atoms with Crippen molar-refractivity contribution in [2.24, 2.45) is 0 Å². The molecule has 0 bridgehead atoms. The van der Waals surface area contributed by atoms with Crippen LogP contribution in [-0.2, 0) is 14.8 Å². The molecule has 0 saturated carbocycles. The first kappa shape index (κ1) is 16.4. The quantitative estimate of drug-likeness (QED) is 0.910. The Balaban J connectivity index is 2.50. The number of ether oxygens (including phenoxy) is 1. The van der Waals surface area contributed by atoms with Crippen LogP contribution in [0.4, 0.5) is 0 Å². The average Bonchev–Trinajstić information content (AvgIpc) is 2.81. The summed E-state index contributed by atoms with van der Waals surface area (Å²) in [6, 6.07) is -0.257. The van der Waals surface area contributed by atoms with Crippen molar-refractivity contribution in [3.63, 3.8) is 0 Å². The number of morpholine rings is 1. The smallest absolute Gasteiger partial charge is 0.347 e. The van der Waals surface area contributed by atoms with Gasteiger partial charge in [-0.15, -0.1) is 11.3 Å². The number of hydrogen-bond donors (Lipinski definition) is 1. The molecule has 8 heteroatoms. The Labute approximate surface area is 128 Å². The predicted octanol–water partition coefficient (Wildman–Crippen LogP) is 1.94. The molecule has 2 unspecified atom stereocenters. The van der Waals surface area contributed by atoms with Crippen molar-refractivity contribution in [1.29, 1.82) is 0 Å². The third kappa shape index (κ3) is 2.98. The van der Waals surface area contributed by atoms with Crippen LogP contribution in [0.1, 0.15) is 35.5 Å². The van der Waals surface area contributed by atoms with Gasteiger partial charge in [0.1, 0.15) is 9.77 Å². The molecule has 2 heterocycles. The van der Waals surface area contributed by atoms with E-state index in [-0.39, 0.29) is 28.5 Å². The maximum Gasteiger partial charge on any atom is 0.347 e. The summed E-state index contributed by atoms with van der Waals surface area (Å²) in [5, 5.41) is 10.8. The molecule has 21 heavy (non-hydrogen) atoms. The second-order valence-electron chi connectivity index (χ2n) is 5.16. The van der Waals surface area contributed by atoms with Gasteiger partial charge in [-0.25, -0.2) is 13.2 Å². The molecule has 0 radical (unpaired) electrons. The Morgan fingerprint density at radius 3 is 2.81 bits per heavy atom. The third-order valence-electron chi connectivity index (χ3n) is 3.57. The molecule has 1 fully saturated rings. The molecule has 1 N–H and O–H groups in total. The van der Waals surface area contributed by atoms with Crippen molar-refractivity contribution in [2.75, 3.05) is 13.2 Å². The Hall–Kier alpha value is -0.960. The van der Waals surface area contributed by atoms with E-state index in [0.717, 1.165) is 11.3 Å². The summed E-state index contributed by atoms with van der Waals surface area (Å²) in [5.74, 6) is -1.21. The van der Waals surface area contributed by atoms with Crippen molar-refractivity contribution < 1.29 is 23.1 Å². The third-order valence-corrected chi connectivity index (χ3v) is 6.89. The molecule has 0 aromatic carbocycles. The number of carbonyl (C=O) groups is 1. The number of carboxylic acids is 1. The topological polar surface area (TPSA) is 83.9 Å². The van der Waals surface area contributed by atoms with Gasteiger partial charge in [-0.3, -0.25) is 0 Å². The van der Waals surface area contributed by atoms with Crippen LogP contribution in [0.25, 0.3) is 0 Å². The van der Waals surface area contributed by atoms with Gasteiger partial charge in [0.05, 0.1) is 12.7 Å². The van der Waals surface area contributed by atoms with Gasteiger partial charge < -0.3 is 9.84 Å². The number of thiophene rings is 1. The normalized spacial score (nSPS) is 24.1. The predicted molar refractivity (Wildman–Crippen MR) is 79.4 cm³/mol. The average molecular weight is 333 g/mol. The number of carboxylic acid groups (broad SMARTS) is 1. The highest BCUT2D eigenvalue weighted by atomic mass is 32.2. The number of sulfonamides is 1. The van der Waals surface area contributed by atoms with Gasteiger partial charge in [0.25, 0.3) is 0 Å². The maximum absolute atomic E-state index is 12.9. The van der Waals surface area contributed by atoms with Crippen LogP contribution in [0.5, 0.6) is 0 Å². The van der Waals surface area contributed by atoms with Gasteiger partial charge in [-0.1, -0.05) is 6.92 Å². The van der Waals surface area contributed by atoms with E-state index in [1.54, 1.807) is 12.3 Å². The van der Waals surface area contributed by atoms with Crippen molar-refractivity contribution >= 4 is 27.3 Å². The SMILES string of the molecule is CCC1COC(C)CN1S(=O)(=O)c1c(C)csc1C(=O)O. The van der Waals surface area contributed by atoms with Crippen molar-refractivity contribution in [3.05, 3.63) is 15.8 Å². The van der Waals surface area contributed by atoms with Crippen LogP contribution in [0.3, 0.4) is 0 Å². The first-order chi connectivity index (χ1) is 9.78. The highest BCUT2D eigenvalue weighted by molar-refractivity contribution is 7.89. The Morgan fingerprint density at radius 1 is 1.57 bits per heavy atom. The Morgan fingerprint density at radius 2 is 2.24 bits per heavy atom. The summed E-state index contributed by atoms with van der Waals surface area (Å²) in [6.45, 7) is 5.91. The van der Waals surface area contributed by atoms with E-state index in [4.69, 9.17) is 4.74 Å². The van der Waals surface area contributed by atoms with Crippen LogP contribution < -0.4 is 0 Å². The number of hydrogen-bond acceptors (Lipinski definition) is 5. The van der Waals surface area contributed by atoms with E-state index in [1.165, 1.54) is 4.31 Å². The van der Waals surface area contributed by atoms with Crippen LogP contribution in [0, 0.1) is 6.92 Å². The zero-order chi connectivity index (χ0) is 15.8. The number of aryl methyl sites for hydroxylation is 1. The number of aromatic carboxylic acids is 1. The lowest BCUT2D eigenvalue weighted by molar-refractivity contribution is -0.0230. The zero-order valence-corrected chi connectivity index (χ0v) is 13.8. The number of nitrogens with zero attached hydrogens (tertiary/aromatic N) is 1. The second kappa shape index (κ2) is 6.04. The van der Waals surface area contributed by atoms with E-state index in [0.29, 0.717) is 18.6 Å². The highest BCUT2D eigenvalue weighted by Crippen LogP contribution is 2.32. The van der Waals surface area contributed by atoms with E-state index < -0.39 is 16.0 Å². The summed E-state index contributed by atoms with van der Waals surface area (Å²) in [4.78, 5) is 11.1. The summed E-state index contributed by atoms with van der Waals surface area (Å²) < 4.78 is 32.7. The molecule has 0 aliphatic carbocycles. The second-order valence-corrected chi connectivity index (χ2v) is 7.87. The first-order valence-corrected chi connectivity index (χ1v) is 9.05. The van der Waals surface area contributed by atoms with Gasteiger partial charge in [0, 0.05) is 12.6 Å². The first-order valence-electron chi connectivity index (χ1n) is 6.73. The fourth-order valence-electron chi connectivity index (χ4n) is 2.45. The Kier molecular flexibility index (Phi) is 4.72. The Bertz CT molecular complexity index is 637. The minimum absolute atomic E-state index is 0.0763. The largest absolute Gasteiger partial charge is 0.477 e. The summed E-state index contributed by atoms with van der Waals surface area (Å²) in [6.07, 6.45) is 0.423.